The molecule has 0 saturated carbocycles. The maximum atomic E-state index is 5.01. The highest BCUT2D eigenvalue weighted by molar-refractivity contribution is 5.27. The summed E-state index contributed by atoms with van der Waals surface area (Å²) in [6.07, 6.45) is 6.15. The number of anilines is 1. The number of nitrogens with one attached hydrogen (secondary N) is 1. The Labute approximate surface area is 101 Å². The van der Waals surface area contributed by atoms with Crippen LogP contribution in [0.2, 0.25) is 0 Å². The average Bonchev–Trinajstić information content (AvgIpc) is 2.92. The minimum atomic E-state index is 0.639. The van der Waals surface area contributed by atoms with Crippen LogP contribution in [0.4, 0.5) is 5.95 Å². The SMILES string of the molecule is CCCCn1ccnc1NCc1cc(C)on1. The van der Waals surface area contributed by atoms with E-state index in [1.165, 1.54) is 6.42 Å². The molecule has 1 N–H and O–H groups in total. The number of nitrogens with zero attached hydrogens (tertiary/aromatic N) is 3. The van der Waals surface area contributed by atoms with Gasteiger partial charge in [-0.25, -0.2) is 4.98 Å². The van der Waals surface area contributed by atoms with Crippen molar-refractivity contribution in [1.29, 1.82) is 0 Å². The Hall–Kier alpha value is -1.78. The molecule has 0 radical (unpaired) electrons. The summed E-state index contributed by atoms with van der Waals surface area (Å²) < 4.78 is 7.13. The molecule has 2 aromatic rings. The molecule has 2 aromatic heterocycles. The van der Waals surface area contributed by atoms with E-state index in [1.54, 1.807) is 0 Å². The number of hydrogen-bond donors (Lipinski definition) is 1. The van der Waals surface area contributed by atoms with Gasteiger partial charge in [0.1, 0.15) is 11.5 Å². The predicted octanol–water partition coefficient (Wildman–Crippen LogP) is 2.59. The van der Waals surface area contributed by atoms with Gasteiger partial charge in [0, 0.05) is 25.0 Å². The molecule has 0 atom stereocenters. The molecular formula is C12H18N4O. The van der Waals surface area contributed by atoms with Gasteiger partial charge in [0.05, 0.1) is 6.54 Å². The van der Waals surface area contributed by atoms with Gasteiger partial charge in [-0.05, 0) is 13.3 Å². The van der Waals surface area contributed by atoms with Crippen molar-refractivity contribution in [3.8, 4) is 0 Å². The van der Waals surface area contributed by atoms with Gasteiger partial charge >= 0.3 is 0 Å². The van der Waals surface area contributed by atoms with Crippen LogP contribution >= 0.6 is 0 Å². The lowest BCUT2D eigenvalue weighted by atomic mass is 10.3. The van der Waals surface area contributed by atoms with Gasteiger partial charge in [-0.15, -0.1) is 0 Å². The highest BCUT2D eigenvalue weighted by atomic mass is 16.5. The summed E-state index contributed by atoms with van der Waals surface area (Å²) in [6, 6.07) is 1.92. The van der Waals surface area contributed by atoms with Crippen LogP contribution in [0.1, 0.15) is 31.2 Å². The van der Waals surface area contributed by atoms with Crippen LogP contribution in [0.15, 0.2) is 23.0 Å². The molecule has 2 heterocycles. The number of aromatic nitrogens is 3. The maximum absolute atomic E-state index is 5.01. The molecule has 0 unspecified atom stereocenters. The lowest BCUT2D eigenvalue weighted by molar-refractivity contribution is 0.391. The van der Waals surface area contributed by atoms with Gasteiger partial charge in [0.15, 0.2) is 0 Å². The summed E-state index contributed by atoms with van der Waals surface area (Å²) in [7, 11) is 0. The van der Waals surface area contributed by atoms with Crippen LogP contribution in [-0.2, 0) is 13.1 Å². The molecule has 0 aliphatic heterocycles. The van der Waals surface area contributed by atoms with Crippen molar-refractivity contribution in [2.45, 2.75) is 39.8 Å². The molecule has 0 saturated heterocycles. The van der Waals surface area contributed by atoms with Gasteiger partial charge in [-0.3, -0.25) is 0 Å². The first kappa shape index (κ1) is 11.7. The van der Waals surface area contributed by atoms with E-state index in [1.807, 2.05) is 25.4 Å². The van der Waals surface area contributed by atoms with Crippen molar-refractivity contribution in [3.05, 3.63) is 29.9 Å². The monoisotopic (exact) mass is 234 g/mol. The quantitative estimate of drug-likeness (QED) is 0.834. The molecule has 0 spiro atoms. The van der Waals surface area contributed by atoms with E-state index >= 15 is 0 Å². The van der Waals surface area contributed by atoms with Gasteiger partial charge in [0.25, 0.3) is 0 Å². The summed E-state index contributed by atoms with van der Waals surface area (Å²) in [6.45, 7) is 5.71. The molecule has 0 amide bonds. The van der Waals surface area contributed by atoms with Gasteiger partial charge in [-0.1, -0.05) is 18.5 Å². The second-order valence-electron chi connectivity index (χ2n) is 4.08. The lowest BCUT2D eigenvalue weighted by Gasteiger charge is -2.07. The predicted molar refractivity (Wildman–Crippen MR) is 65.7 cm³/mol. The summed E-state index contributed by atoms with van der Waals surface area (Å²) >= 11 is 0. The third-order valence-electron chi connectivity index (χ3n) is 2.57. The number of rotatable bonds is 6. The second-order valence-corrected chi connectivity index (χ2v) is 4.08. The van der Waals surface area contributed by atoms with Gasteiger partial charge in [0.2, 0.25) is 5.95 Å². The second kappa shape index (κ2) is 5.52. The highest BCUT2D eigenvalue weighted by Gasteiger charge is 2.04. The fourth-order valence-corrected chi connectivity index (χ4v) is 1.66. The molecule has 0 bridgehead atoms. The highest BCUT2D eigenvalue weighted by Crippen LogP contribution is 2.09. The fourth-order valence-electron chi connectivity index (χ4n) is 1.66. The van der Waals surface area contributed by atoms with Crippen molar-refractivity contribution in [2.24, 2.45) is 0 Å². The molecule has 0 aliphatic carbocycles. The zero-order valence-electron chi connectivity index (χ0n) is 10.3. The van der Waals surface area contributed by atoms with Crippen LogP contribution in [0.3, 0.4) is 0 Å². The molecule has 5 heteroatoms. The van der Waals surface area contributed by atoms with Crippen molar-refractivity contribution >= 4 is 5.95 Å². The summed E-state index contributed by atoms with van der Waals surface area (Å²) in [4.78, 5) is 4.28. The third kappa shape index (κ3) is 3.09. The topological polar surface area (TPSA) is 55.9 Å². The summed E-state index contributed by atoms with van der Waals surface area (Å²) in [5, 5.41) is 7.19. The first-order valence-electron chi connectivity index (χ1n) is 5.97. The van der Waals surface area contributed by atoms with Crippen molar-refractivity contribution < 1.29 is 4.52 Å². The molecule has 92 valence electrons. The number of aryl methyl sites for hydroxylation is 2. The number of hydrogen-bond acceptors (Lipinski definition) is 4. The smallest absolute Gasteiger partial charge is 0.203 e. The van der Waals surface area contributed by atoms with Crippen LogP contribution in [0, 0.1) is 6.92 Å². The lowest BCUT2D eigenvalue weighted by Crippen LogP contribution is -2.07. The summed E-state index contributed by atoms with van der Waals surface area (Å²) in [5.74, 6) is 1.72. The number of unbranched alkanes of at least 4 members (excludes halogenated alkanes) is 1. The molecule has 17 heavy (non-hydrogen) atoms. The largest absolute Gasteiger partial charge is 0.361 e. The van der Waals surface area contributed by atoms with E-state index in [0.717, 1.165) is 30.4 Å². The fraction of sp³-hybridized carbons (Fsp3) is 0.500. The number of imidazole rings is 1. The Kier molecular flexibility index (Phi) is 3.80. The minimum absolute atomic E-state index is 0.639. The average molecular weight is 234 g/mol. The van der Waals surface area contributed by atoms with E-state index in [4.69, 9.17) is 4.52 Å². The Balaban J connectivity index is 1.92. The molecule has 2 rings (SSSR count). The standard InChI is InChI=1S/C12H18N4O/c1-3-4-6-16-7-5-13-12(16)14-9-11-8-10(2)17-15-11/h5,7-8H,3-4,6,9H2,1-2H3,(H,13,14). The van der Waals surface area contributed by atoms with Crippen LogP contribution < -0.4 is 5.32 Å². The van der Waals surface area contributed by atoms with Crippen LogP contribution in [0.5, 0.6) is 0 Å². The molecule has 0 aliphatic rings. The van der Waals surface area contributed by atoms with E-state index in [-0.39, 0.29) is 0 Å². The van der Waals surface area contributed by atoms with Crippen LogP contribution in [-0.4, -0.2) is 14.7 Å². The van der Waals surface area contributed by atoms with Crippen molar-refractivity contribution in [1.82, 2.24) is 14.7 Å². The zero-order valence-corrected chi connectivity index (χ0v) is 10.3. The van der Waals surface area contributed by atoms with Crippen LogP contribution in [0.25, 0.3) is 0 Å². The normalized spacial score (nSPS) is 10.7. The molecule has 0 aromatic carbocycles. The first-order valence-corrected chi connectivity index (χ1v) is 5.97. The molecule has 0 fully saturated rings. The van der Waals surface area contributed by atoms with Gasteiger partial charge < -0.3 is 14.4 Å². The van der Waals surface area contributed by atoms with E-state index < -0.39 is 0 Å². The van der Waals surface area contributed by atoms with E-state index in [2.05, 4.69) is 26.9 Å². The minimum Gasteiger partial charge on any atom is -0.361 e. The zero-order chi connectivity index (χ0) is 12.1. The van der Waals surface area contributed by atoms with E-state index in [9.17, 15) is 0 Å². The first-order chi connectivity index (χ1) is 8.29. The maximum Gasteiger partial charge on any atom is 0.203 e. The van der Waals surface area contributed by atoms with E-state index in [0.29, 0.717) is 6.54 Å². The Morgan fingerprint density at radius 3 is 3.06 bits per heavy atom. The Morgan fingerprint density at radius 2 is 2.35 bits per heavy atom. The third-order valence-corrected chi connectivity index (χ3v) is 2.57. The molecular weight excluding hydrogens is 216 g/mol. The van der Waals surface area contributed by atoms with Crippen molar-refractivity contribution in [3.63, 3.8) is 0 Å². The Morgan fingerprint density at radius 1 is 1.47 bits per heavy atom. The van der Waals surface area contributed by atoms with Gasteiger partial charge in [-0.2, -0.15) is 0 Å². The molecule has 5 nitrogen and oxygen atoms in total. The Bertz CT molecular complexity index is 461. The summed E-state index contributed by atoms with van der Waals surface area (Å²) in [5.41, 5.74) is 0.896. The van der Waals surface area contributed by atoms with Crippen molar-refractivity contribution in [2.75, 3.05) is 5.32 Å².